The molecule has 0 aliphatic carbocycles. The topological polar surface area (TPSA) is 52.6 Å². The van der Waals surface area contributed by atoms with Gasteiger partial charge in [0.1, 0.15) is 5.75 Å². The van der Waals surface area contributed by atoms with Gasteiger partial charge >= 0.3 is 5.97 Å². The molecule has 0 saturated carbocycles. The monoisotopic (exact) mass is 384 g/mol. The van der Waals surface area contributed by atoms with Crippen LogP contribution in [0.3, 0.4) is 0 Å². The lowest BCUT2D eigenvalue weighted by Crippen LogP contribution is -2.15. The molecule has 26 heavy (non-hydrogen) atoms. The van der Waals surface area contributed by atoms with Crippen molar-refractivity contribution < 1.29 is 19.1 Å². The van der Waals surface area contributed by atoms with Crippen LogP contribution in [0.25, 0.3) is 11.6 Å². The van der Waals surface area contributed by atoms with Crippen molar-refractivity contribution in [3.63, 3.8) is 0 Å². The Bertz CT molecular complexity index is 892. The highest BCUT2D eigenvalue weighted by atomic mass is 32.1. The van der Waals surface area contributed by atoms with Gasteiger partial charge in [-0.15, -0.1) is 22.7 Å². The average molecular weight is 384 g/mol. The second-order valence-electron chi connectivity index (χ2n) is 5.28. The standard InChI is InChI=1S/C20H16O4S2/c1-23-15-8-6-14(7-9-15)18(21)13-24-20(22)17(19-5-3-11-26-19)12-16-4-2-10-25-16/h2-12H,13H2,1H3/b17-12+. The fourth-order valence-corrected chi connectivity index (χ4v) is 3.63. The third kappa shape index (κ3) is 4.47. The van der Waals surface area contributed by atoms with Gasteiger partial charge in [-0.1, -0.05) is 12.1 Å². The van der Waals surface area contributed by atoms with Gasteiger partial charge in [0.2, 0.25) is 0 Å². The number of Topliss-reactive ketones (excluding diaryl/α,β-unsaturated/α-hetero) is 1. The van der Waals surface area contributed by atoms with Gasteiger partial charge < -0.3 is 9.47 Å². The van der Waals surface area contributed by atoms with Crippen LogP contribution in [-0.4, -0.2) is 25.5 Å². The van der Waals surface area contributed by atoms with Crippen molar-refractivity contribution in [1.82, 2.24) is 0 Å². The molecule has 0 unspecified atom stereocenters. The number of carbonyl (C=O) groups is 2. The third-order valence-electron chi connectivity index (χ3n) is 3.58. The van der Waals surface area contributed by atoms with Crippen LogP contribution in [0.5, 0.6) is 5.75 Å². The summed E-state index contributed by atoms with van der Waals surface area (Å²) in [5, 5.41) is 3.84. The lowest BCUT2D eigenvalue weighted by molar-refractivity contribution is -0.135. The van der Waals surface area contributed by atoms with Crippen LogP contribution in [-0.2, 0) is 9.53 Å². The first-order valence-corrected chi connectivity index (χ1v) is 9.57. The Kier molecular flexibility index (Phi) is 5.99. The van der Waals surface area contributed by atoms with Gasteiger partial charge in [0.25, 0.3) is 0 Å². The Morgan fingerprint density at radius 3 is 2.35 bits per heavy atom. The number of hydrogen-bond acceptors (Lipinski definition) is 6. The van der Waals surface area contributed by atoms with Crippen molar-refractivity contribution >= 4 is 46.1 Å². The number of ether oxygens (including phenoxy) is 2. The number of esters is 1. The zero-order valence-corrected chi connectivity index (χ0v) is 15.6. The molecule has 0 spiro atoms. The summed E-state index contributed by atoms with van der Waals surface area (Å²) in [6.45, 7) is -0.307. The van der Waals surface area contributed by atoms with E-state index in [4.69, 9.17) is 9.47 Å². The Hall–Kier alpha value is -2.70. The number of ketones is 1. The van der Waals surface area contributed by atoms with Gasteiger partial charge in [-0.25, -0.2) is 4.79 Å². The summed E-state index contributed by atoms with van der Waals surface area (Å²) in [5.74, 6) is -0.109. The lowest BCUT2D eigenvalue weighted by atomic mass is 10.1. The summed E-state index contributed by atoms with van der Waals surface area (Å²) in [5.41, 5.74) is 0.920. The van der Waals surface area contributed by atoms with Crippen LogP contribution in [0.1, 0.15) is 20.1 Å². The molecule has 0 aliphatic rings. The predicted molar refractivity (Wildman–Crippen MR) is 105 cm³/mol. The molecule has 0 aliphatic heterocycles. The first-order valence-electron chi connectivity index (χ1n) is 7.81. The summed E-state index contributed by atoms with van der Waals surface area (Å²) in [4.78, 5) is 26.6. The SMILES string of the molecule is COc1ccc(C(=O)COC(=O)/C(=C/c2cccs2)c2cccs2)cc1. The van der Waals surface area contributed by atoms with Crippen molar-refractivity contribution in [3.05, 3.63) is 74.6 Å². The molecule has 4 nitrogen and oxygen atoms in total. The predicted octanol–water partition coefficient (Wildman–Crippen LogP) is 4.78. The molecule has 132 valence electrons. The molecule has 0 amide bonds. The molecular weight excluding hydrogens is 368 g/mol. The van der Waals surface area contributed by atoms with E-state index in [1.807, 2.05) is 35.0 Å². The number of carbonyl (C=O) groups excluding carboxylic acids is 2. The molecule has 3 rings (SSSR count). The zero-order chi connectivity index (χ0) is 18.4. The molecular formula is C20H16O4S2. The molecule has 3 aromatic rings. The van der Waals surface area contributed by atoms with Crippen LogP contribution < -0.4 is 4.74 Å². The quantitative estimate of drug-likeness (QED) is 0.334. The van der Waals surface area contributed by atoms with Crippen molar-refractivity contribution in [2.24, 2.45) is 0 Å². The summed E-state index contributed by atoms with van der Waals surface area (Å²) in [6.07, 6.45) is 1.79. The highest BCUT2D eigenvalue weighted by Gasteiger charge is 2.17. The Morgan fingerprint density at radius 1 is 1.00 bits per heavy atom. The van der Waals surface area contributed by atoms with E-state index in [1.54, 1.807) is 37.5 Å². The molecule has 0 saturated heterocycles. The second-order valence-corrected chi connectivity index (χ2v) is 7.21. The van der Waals surface area contributed by atoms with E-state index in [2.05, 4.69) is 0 Å². The van der Waals surface area contributed by atoms with Crippen LogP contribution in [0, 0.1) is 0 Å². The maximum absolute atomic E-state index is 12.6. The van der Waals surface area contributed by atoms with E-state index in [0.29, 0.717) is 16.9 Å². The van der Waals surface area contributed by atoms with E-state index in [0.717, 1.165) is 9.75 Å². The highest BCUT2D eigenvalue weighted by molar-refractivity contribution is 7.12. The molecule has 1 aromatic carbocycles. The number of rotatable bonds is 7. The fourth-order valence-electron chi connectivity index (χ4n) is 2.25. The van der Waals surface area contributed by atoms with Gasteiger partial charge in [0.05, 0.1) is 12.7 Å². The van der Waals surface area contributed by atoms with E-state index in [1.165, 1.54) is 22.7 Å². The normalized spacial score (nSPS) is 11.2. The Labute approximate surface area is 159 Å². The van der Waals surface area contributed by atoms with Gasteiger partial charge in [-0.2, -0.15) is 0 Å². The van der Waals surface area contributed by atoms with Gasteiger partial charge in [-0.05, 0) is 53.2 Å². The Balaban J connectivity index is 1.71. The summed E-state index contributed by atoms with van der Waals surface area (Å²) in [6, 6.07) is 14.3. The highest BCUT2D eigenvalue weighted by Crippen LogP contribution is 2.26. The summed E-state index contributed by atoms with van der Waals surface area (Å²) in [7, 11) is 1.56. The maximum atomic E-state index is 12.6. The van der Waals surface area contributed by atoms with Crippen LogP contribution in [0.15, 0.2) is 59.3 Å². The summed E-state index contributed by atoms with van der Waals surface area (Å²) >= 11 is 2.98. The van der Waals surface area contributed by atoms with Crippen molar-refractivity contribution in [2.45, 2.75) is 0 Å². The summed E-state index contributed by atoms with van der Waals surface area (Å²) < 4.78 is 10.3. The molecule has 0 radical (unpaired) electrons. The maximum Gasteiger partial charge on any atom is 0.340 e. The van der Waals surface area contributed by atoms with Crippen LogP contribution in [0.4, 0.5) is 0 Å². The third-order valence-corrected chi connectivity index (χ3v) is 5.31. The minimum absolute atomic E-state index is 0.261. The minimum Gasteiger partial charge on any atom is -0.497 e. The molecule has 0 fully saturated rings. The molecule has 2 aromatic heterocycles. The minimum atomic E-state index is -0.511. The fraction of sp³-hybridized carbons (Fsp3) is 0.100. The molecule has 6 heteroatoms. The van der Waals surface area contributed by atoms with Crippen LogP contribution >= 0.6 is 22.7 Å². The number of methoxy groups -OCH3 is 1. The zero-order valence-electron chi connectivity index (χ0n) is 14.0. The number of benzene rings is 1. The molecule has 0 bridgehead atoms. The van der Waals surface area contributed by atoms with Crippen LogP contribution in [0.2, 0.25) is 0 Å². The van der Waals surface area contributed by atoms with Gasteiger partial charge in [-0.3, -0.25) is 4.79 Å². The van der Waals surface area contributed by atoms with Crippen molar-refractivity contribution in [3.8, 4) is 5.75 Å². The van der Waals surface area contributed by atoms with E-state index < -0.39 is 5.97 Å². The largest absolute Gasteiger partial charge is 0.497 e. The van der Waals surface area contributed by atoms with Crippen molar-refractivity contribution in [2.75, 3.05) is 13.7 Å². The van der Waals surface area contributed by atoms with Gasteiger partial charge in [0, 0.05) is 15.3 Å². The van der Waals surface area contributed by atoms with Crippen molar-refractivity contribution in [1.29, 1.82) is 0 Å². The van der Waals surface area contributed by atoms with E-state index in [-0.39, 0.29) is 12.4 Å². The lowest BCUT2D eigenvalue weighted by Gasteiger charge is -2.07. The van der Waals surface area contributed by atoms with E-state index >= 15 is 0 Å². The molecule has 0 N–H and O–H groups in total. The first-order chi connectivity index (χ1) is 12.7. The second kappa shape index (κ2) is 8.60. The smallest absolute Gasteiger partial charge is 0.340 e. The Morgan fingerprint density at radius 2 is 1.73 bits per heavy atom. The molecule has 2 heterocycles. The number of thiophene rings is 2. The average Bonchev–Trinajstić information content (AvgIpc) is 3.37. The van der Waals surface area contributed by atoms with E-state index in [9.17, 15) is 9.59 Å². The first kappa shape index (κ1) is 18.1. The molecule has 0 atom stereocenters. The van der Waals surface area contributed by atoms with Gasteiger partial charge in [0.15, 0.2) is 12.4 Å². The number of hydrogen-bond donors (Lipinski definition) is 0.